The first-order valence-electron chi connectivity index (χ1n) is 5.58. The molecular formula is C11H15N3O2. The van der Waals surface area contributed by atoms with Crippen molar-refractivity contribution in [1.29, 1.82) is 0 Å². The second-order valence-corrected chi connectivity index (χ2v) is 4.96. The van der Waals surface area contributed by atoms with Crippen molar-refractivity contribution in [3.05, 3.63) is 18.2 Å². The van der Waals surface area contributed by atoms with Gasteiger partial charge < -0.3 is 14.6 Å². The highest BCUT2D eigenvalue weighted by atomic mass is 16.3. The number of likely N-dealkylation sites (tertiary alicyclic amines) is 1. The molecule has 86 valence electrons. The number of aromatic nitrogens is 2. The Bertz CT molecular complexity index is 430. The van der Waals surface area contributed by atoms with Crippen molar-refractivity contribution in [3.8, 4) is 0 Å². The van der Waals surface area contributed by atoms with Crippen molar-refractivity contribution < 1.29 is 9.90 Å². The summed E-state index contributed by atoms with van der Waals surface area (Å²) >= 11 is 0. The molecule has 3 rings (SSSR count). The second-order valence-electron chi connectivity index (χ2n) is 4.96. The van der Waals surface area contributed by atoms with Crippen molar-refractivity contribution in [2.75, 3.05) is 13.1 Å². The monoisotopic (exact) mass is 221 g/mol. The van der Waals surface area contributed by atoms with Crippen LogP contribution in [-0.2, 0) is 7.05 Å². The SMILES string of the molecule is Cn1cnc(C(=O)N2CC(O)(C3CC3)C2)c1. The van der Waals surface area contributed by atoms with Crippen molar-refractivity contribution in [3.63, 3.8) is 0 Å². The molecule has 2 fully saturated rings. The maximum Gasteiger partial charge on any atom is 0.274 e. The van der Waals surface area contributed by atoms with Crippen LogP contribution in [-0.4, -0.2) is 44.2 Å². The zero-order chi connectivity index (χ0) is 11.3. The number of hydrogen-bond donors (Lipinski definition) is 1. The largest absolute Gasteiger partial charge is 0.386 e. The average molecular weight is 221 g/mol. The first kappa shape index (κ1) is 9.84. The van der Waals surface area contributed by atoms with Gasteiger partial charge in [-0.15, -0.1) is 0 Å². The number of nitrogens with zero attached hydrogens (tertiary/aromatic N) is 3. The van der Waals surface area contributed by atoms with Gasteiger partial charge in [-0.2, -0.15) is 0 Å². The topological polar surface area (TPSA) is 58.4 Å². The Morgan fingerprint density at radius 2 is 2.25 bits per heavy atom. The summed E-state index contributed by atoms with van der Waals surface area (Å²) in [6, 6.07) is 0. The Kier molecular flexibility index (Phi) is 1.89. The first-order chi connectivity index (χ1) is 7.58. The van der Waals surface area contributed by atoms with Gasteiger partial charge in [0.05, 0.1) is 19.4 Å². The van der Waals surface area contributed by atoms with Gasteiger partial charge in [0, 0.05) is 13.2 Å². The predicted molar refractivity (Wildman–Crippen MR) is 56.8 cm³/mol. The van der Waals surface area contributed by atoms with Crippen molar-refractivity contribution in [1.82, 2.24) is 14.5 Å². The van der Waals surface area contributed by atoms with Gasteiger partial charge in [0.25, 0.3) is 5.91 Å². The maximum absolute atomic E-state index is 11.9. The number of hydrogen-bond acceptors (Lipinski definition) is 3. The van der Waals surface area contributed by atoms with Crippen LogP contribution in [0.3, 0.4) is 0 Å². The molecule has 1 aromatic heterocycles. The minimum absolute atomic E-state index is 0.0778. The lowest BCUT2D eigenvalue weighted by molar-refractivity contribution is -0.0959. The summed E-state index contributed by atoms with van der Waals surface area (Å²) in [4.78, 5) is 17.6. The Morgan fingerprint density at radius 1 is 1.56 bits per heavy atom. The summed E-state index contributed by atoms with van der Waals surface area (Å²) in [5, 5.41) is 10.1. The minimum atomic E-state index is -0.607. The molecule has 5 heteroatoms. The number of β-amino-alcohol motifs (C(OH)–C–C–N with tert-alkyl or cyclic N) is 1. The lowest BCUT2D eigenvalue weighted by Crippen LogP contribution is -2.64. The highest BCUT2D eigenvalue weighted by Gasteiger charge is 2.53. The van der Waals surface area contributed by atoms with E-state index >= 15 is 0 Å². The molecule has 0 radical (unpaired) electrons. The van der Waals surface area contributed by atoms with Gasteiger partial charge in [-0.1, -0.05) is 0 Å². The zero-order valence-corrected chi connectivity index (χ0v) is 9.26. The average Bonchev–Trinajstić information content (AvgIpc) is 2.96. The minimum Gasteiger partial charge on any atom is -0.386 e. The van der Waals surface area contributed by atoms with E-state index in [0.717, 1.165) is 12.8 Å². The van der Waals surface area contributed by atoms with E-state index in [1.54, 1.807) is 22.0 Å². The molecule has 1 amide bonds. The summed E-state index contributed by atoms with van der Waals surface area (Å²) in [5.74, 6) is 0.339. The molecule has 1 aromatic rings. The summed E-state index contributed by atoms with van der Waals surface area (Å²) in [6.07, 6.45) is 5.52. The van der Waals surface area contributed by atoms with E-state index in [1.165, 1.54) is 0 Å². The van der Waals surface area contributed by atoms with Crippen LogP contribution in [0.2, 0.25) is 0 Å². The Morgan fingerprint density at radius 3 is 2.75 bits per heavy atom. The van der Waals surface area contributed by atoms with E-state index in [-0.39, 0.29) is 5.91 Å². The van der Waals surface area contributed by atoms with Gasteiger partial charge in [0.2, 0.25) is 0 Å². The number of aryl methyl sites for hydroxylation is 1. The highest BCUT2D eigenvalue weighted by Crippen LogP contribution is 2.44. The predicted octanol–water partition coefficient (Wildman–Crippen LogP) is 0.0170. The van der Waals surface area contributed by atoms with Crippen molar-refractivity contribution >= 4 is 5.91 Å². The number of carbonyl (C=O) groups is 1. The standard InChI is InChI=1S/C11H15N3O2/c1-13-4-9(12-7-13)10(15)14-5-11(16,6-14)8-2-3-8/h4,7-8,16H,2-3,5-6H2,1H3. The van der Waals surface area contributed by atoms with Crippen LogP contribution in [0.1, 0.15) is 23.3 Å². The van der Waals surface area contributed by atoms with Crippen LogP contribution < -0.4 is 0 Å². The Hall–Kier alpha value is -1.36. The molecule has 16 heavy (non-hydrogen) atoms. The van der Waals surface area contributed by atoms with Gasteiger partial charge in [-0.25, -0.2) is 4.98 Å². The Balaban J connectivity index is 1.66. The van der Waals surface area contributed by atoms with Crippen LogP contribution in [0.25, 0.3) is 0 Å². The van der Waals surface area contributed by atoms with E-state index in [0.29, 0.717) is 24.7 Å². The van der Waals surface area contributed by atoms with Crippen LogP contribution >= 0.6 is 0 Å². The molecule has 1 saturated heterocycles. The molecule has 0 unspecified atom stereocenters. The fourth-order valence-corrected chi connectivity index (χ4v) is 2.32. The van der Waals surface area contributed by atoms with Crippen molar-refractivity contribution in [2.45, 2.75) is 18.4 Å². The number of rotatable bonds is 2. The molecule has 0 spiro atoms. The molecule has 1 N–H and O–H groups in total. The van der Waals surface area contributed by atoms with Gasteiger partial charge >= 0.3 is 0 Å². The van der Waals surface area contributed by atoms with E-state index in [9.17, 15) is 9.90 Å². The number of aliphatic hydroxyl groups is 1. The van der Waals surface area contributed by atoms with Crippen LogP contribution in [0, 0.1) is 5.92 Å². The highest BCUT2D eigenvalue weighted by molar-refractivity contribution is 5.92. The molecule has 5 nitrogen and oxygen atoms in total. The van der Waals surface area contributed by atoms with Gasteiger partial charge in [-0.3, -0.25) is 4.79 Å². The summed E-state index contributed by atoms with van der Waals surface area (Å²) in [5.41, 5.74) is -0.148. The molecule has 0 aromatic carbocycles. The summed E-state index contributed by atoms with van der Waals surface area (Å²) in [7, 11) is 1.83. The smallest absolute Gasteiger partial charge is 0.274 e. The molecule has 2 aliphatic rings. The summed E-state index contributed by atoms with van der Waals surface area (Å²) < 4.78 is 1.75. The van der Waals surface area contributed by atoms with E-state index in [2.05, 4.69) is 4.98 Å². The van der Waals surface area contributed by atoms with Gasteiger partial charge in [-0.05, 0) is 18.8 Å². The van der Waals surface area contributed by atoms with Crippen molar-refractivity contribution in [2.24, 2.45) is 13.0 Å². The van der Waals surface area contributed by atoms with Crippen LogP contribution in [0.4, 0.5) is 0 Å². The fraction of sp³-hybridized carbons (Fsp3) is 0.636. The Labute approximate surface area is 93.7 Å². The molecule has 1 saturated carbocycles. The molecular weight excluding hydrogens is 206 g/mol. The third-order valence-electron chi connectivity index (χ3n) is 3.48. The normalized spacial score (nSPS) is 23.0. The fourth-order valence-electron chi connectivity index (χ4n) is 2.32. The third kappa shape index (κ3) is 1.43. The molecule has 0 bridgehead atoms. The van der Waals surface area contributed by atoms with Gasteiger partial charge in [0.15, 0.2) is 0 Å². The van der Waals surface area contributed by atoms with E-state index in [1.807, 2.05) is 7.05 Å². The van der Waals surface area contributed by atoms with E-state index in [4.69, 9.17) is 0 Å². The zero-order valence-electron chi connectivity index (χ0n) is 9.26. The van der Waals surface area contributed by atoms with E-state index < -0.39 is 5.60 Å². The first-order valence-corrected chi connectivity index (χ1v) is 5.58. The maximum atomic E-state index is 11.9. The second kappa shape index (κ2) is 3.07. The lowest BCUT2D eigenvalue weighted by Gasteiger charge is -2.46. The van der Waals surface area contributed by atoms with Gasteiger partial charge in [0.1, 0.15) is 11.3 Å². The summed E-state index contributed by atoms with van der Waals surface area (Å²) in [6.45, 7) is 0.931. The molecule has 1 aliphatic carbocycles. The number of imidazole rings is 1. The molecule has 2 heterocycles. The van der Waals surface area contributed by atoms with Crippen LogP contribution in [0.15, 0.2) is 12.5 Å². The lowest BCUT2D eigenvalue weighted by atomic mass is 9.88. The molecule has 1 aliphatic heterocycles. The quantitative estimate of drug-likeness (QED) is 0.765. The number of amides is 1. The van der Waals surface area contributed by atoms with Crippen LogP contribution in [0.5, 0.6) is 0 Å². The molecule has 0 atom stereocenters. The number of carbonyl (C=O) groups excluding carboxylic acids is 1. The third-order valence-corrected chi connectivity index (χ3v) is 3.48.